The van der Waals surface area contributed by atoms with Crippen molar-refractivity contribution in [1.29, 1.82) is 0 Å². The Morgan fingerprint density at radius 3 is 1.52 bits per heavy atom. The van der Waals surface area contributed by atoms with Crippen LogP contribution in [-0.4, -0.2) is 138 Å². The average Bonchev–Trinajstić information content (AvgIpc) is 2.59. The molecule has 1 atom stereocenters. The van der Waals surface area contributed by atoms with Gasteiger partial charge in [0.2, 0.25) is 0 Å². The number of carboxylic acids is 2. The SMILES string of the molecule is CC(=O)OCN1CCN(CC(=O)O)CCN(CC(=O)O)CCN(CC(C)O)CC1. The quantitative estimate of drug-likeness (QED) is 0.389. The maximum absolute atomic E-state index is 11.2. The topological polar surface area (TPSA) is 134 Å². The highest BCUT2D eigenvalue weighted by Crippen LogP contribution is 2.02. The Balaban J connectivity index is 2.88. The van der Waals surface area contributed by atoms with Crippen molar-refractivity contribution in [2.45, 2.75) is 20.0 Å². The van der Waals surface area contributed by atoms with Crippen LogP contribution < -0.4 is 0 Å². The van der Waals surface area contributed by atoms with Crippen LogP contribution in [0.2, 0.25) is 0 Å². The third-order valence-electron chi connectivity index (χ3n) is 4.62. The minimum Gasteiger partial charge on any atom is -0.480 e. The maximum atomic E-state index is 11.2. The number of esters is 1. The Kier molecular flexibility index (Phi) is 11.7. The molecule has 0 aromatic rings. The first-order valence-electron chi connectivity index (χ1n) is 9.80. The molecular formula is C18H34N4O7. The second-order valence-electron chi connectivity index (χ2n) is 7.37. The van der Waals surface area contributed by atoms with E-state index in [1.165, 1.54) is 6.92 Å². The molecule has 1 saturated heterocycles. The number of rotatable bonds is 8. The van der Waals surface area contributed by atoms with Gasteiger partial charge in [0.15, 0.2) is 0 Å². The van der Waals surface area contributed by atoms with Crippen LogP contribution in [0.5, 0.6) is 0 Å². The molecule has 0 aromatic carbocycles. The Labute approximate surface area is 171 Å². The number of hydrogen-bond acceptors (Lipinski definition) is 9. The summed E-state index contributed by atoms with van der Waals surface area (Å²) in [6.07, 6.45) is -0.524. The zero-order valence-corrected chi connectivity index (χ0v) is 17.3. The first kappa shape index (κ1) is 25.2. The minimum atomic E-state index is -0.948. The summed E-state index contributed by atoms with van der Waals surface area (Å²) in [5, 5.41) is 28.1. The van der Waals surface area contributed by atoms with Gasteiger partial charge in [0.05, 0.1) is 19.2 Å². The highest BCUT2D eigenvalue weighted by molar-refractivity contribution is 5.69. The minimum absolute atomic E-state index is 0.115. The van der Waals surface area contributed by atoms with E-state index in [2.05, 4.69) is 4.90 Å². The van der Waals surface area contributed by atoms with Gasteiger partial charge < -0.3 is 20.1 Å². The summed E-state index contributed by atoms with van der Waals surface area (Å²) in [4.78, 5) is 41.1. The lowest BCUT2D eigenvalue weighted by Gasteiger charge is -2.33. The van der Waals surface area contributed by atoms with Gasteiger partial charge in [-0.3, -0.25) is 34.0 Å². The molecule has 29 heavy (non-hydrogen) atoms. The van der Waals surface area contributed by atoms with Crippen LogP contribution in [-0.2, 0) is 19.1 Å². The molecule has 0 amide bonds. The van der Waals surface area contributed by atoms with Crippen molar-refractivity contribution < 1.29 is 34.4 Å². The molecular weight excluding hydrogens is 384 g/mol. The maximum Gasteiger partial charge on any atom is 0.317 e. The Morgan fingerprint density at radius 1 is 0.793 bits per heavy atom. The number of aliphatic carboxylic acids is 2. The second kappa shape index (κ2) is 13.4. The molecule has 0 radical (unpaired) electrons. The number of hydrogen-bond donors (Lipinski definition) is 3. The van der Waals surface area contributed by atoms with Crippen molar-refractivity contribution in [3.8, 4) is 0 Å². The third-order valence-corrected chi connectivity index (χ3v) is 4.62. The fraction of sp³-hybridized carbons (Fsp3) is 0.833. The highest BCUT2D eigenvalue weighted by atomic mass is 16.5. The molecule has 3 N–H and O–H groups in total. The Bertz CT molecular complexity index is 532. The molecule has 1 aliphatic heterocycles. The second-order valence-corrected chi connectivity index (χ2v) is 7.37. The van der Waals surface area contributed by atoms with Gasteiger partial charge in [-0.2, -0.15) is 0 Å². The summed E-state index contributed by atoms with van der Waals surface area (Å²) in [6, 6.07) is 0. The summed E-state index contributed by atoms with van der Waals surface area (Å²) in [5.74, 6) is -2.27. The van der Waals surface area contributed by atoms with Crippen LogP contribution in [0.25, 0.3) is 0 Å². The van der Waals surface area contributed by atoms with Crippen LogP contribution in [0.3, 0.4) is 0 Å². The van der Waals surface area contributed by atoms with Crippen molar-refractivity contribution in [2.75, 3.05) is 78.7 Å². The molecule has 0 saturated carbocycles. The molecule has 11 nitrogen and oxygen atoms in total. The molecule has 11 heteroatoms. The van der Waals surface area contributed by atoms with Gasteiger partial charge in [-0.15, -0.1) is 0 Å². The smallest absolute Gasteiger partial charge is 0.317 e. The van der Waals surface area contributed by atoms with Crippen molar-refractivity contribution in [3.63, 3.8) is 0 Å². The van der Waals surface area contributed by atoms with E-state index in [4.69, 9.17) is 14.9 Å². The standard InChI is InChI=1S/C18H34N4O7/c1-15(23)11-19-3-4-20(12-17(25)26)5-6-21(13-18(27)28)8-10-22(9-7-19)14-29-16(2)24/h15,23H,3-14H2,1-2H3,(H,25,26)(H,27,28). The Hall–Kier alpha value is -1.79. The van der Waals surface area contributed by atoms with Crippen LogP contribution in [0, 0.1) is 0 Å². The number of nitrogens with zero attached hydrogens (tertiary/aromatic N) is 4. The summed E-state index contributed by atoms with van der Waals surface area (Å²) in [5.41, 5.74) is 0. The third kappa shape index (κ3) is 12.4. The van der Waals surface area contributed by atoms with Gasteiger partial charge in [-0.05, 0) is 6.92 Å². The van der Waals surface area contributed by atoms with Crippen LogP contribution in [0.15, 0.2) is 0 Å². The van der Waals surface area contributed by atoms with Gasteiger partial charge >= 0.3 is 17.9 Å². The number of ether oxygens (including phenoxy) is 1. The van der Waals surface area contributed by atoms with Crippen LogP contribution in [0.4, 0.5) is 0 Å². The van der Waals surface area contributed by atoms with E-state index in [-0.39, 0.29) is 25.8 Å². The molecule has 1 aliphatic rings. The lowest BCUT2D eigenvalue weighted by atomic mass is 10.3. The molecule has 0 aliphatic carbocycles. The van der Waals surface area contributed by atoms with Crippen molar-refractivity contribution in [2.24, 2.45) is 0 Å². The van der Waals surface area contributed by atoms with E-state index < -0.39 is 18.0 Å². The fourth-order valence-electron chi connectivity index (χ4n) is 3.14. The zero-order valence-electron chi connectivity index (χ0n) is 17.3. The lowest BCUT2D eigenvalue weighted by Crippen LogP contribution is -2.49. The van der Waals surface area contributed by atoms with Crippen LogP contribution in [0.1, 0.15) is 13.8 Å². The van der Waals surface area contributed by atoms with E-state index >= 15 is 0 Å². The number of carboxylic acid groups (broad SMARTS) is 2. The van der Waals surface area contributed by atoms with E-state index in [1.807, 2.05) is 4.90 Å². The normalized spacial score (nSPS) is 20.4. The molecule has 0 bridgehead atoms. The molecule has 0 aromatic heterocycles. The molecule has 1 rings (SSSR count). The number of aliphatic hydroxyl groups is 1. The predicted octanol–water partition coefficient (Wildman–Crippen LogP) is -1.72. The zero-order chi connectivity index (χ0) is 21.8. The number of aliphatic hydroxyl groups excluding tert-OH is 1. The summed E-state index contributed by atoms with van der Waals surface area (Å²) < 4.78 is 5.11. The lowest BCUT2D eigenvalue weighted by molar-refractivity contribution is -0.146. The van der Waals surface area contributed by atoms with Gasteiger partial charge in [-0.1, -0.05) is 0 Å². The van der Waals surface area contributed by atoms with Crippen molar-refractivity contribution >= 4 is 17.9 Å². The number of β-amino-alcohol motifs (C(OH)–C–C–N with tert-alkyl or cyclic N) is 1. The van der Waals surface area contributed by atoms with Gasteiger partial charge in [0, 0.05) is 65.8 Å². The van der Waals surface area contributed by atoms with Crippen molar-refractivity contribution in [1.82, 2.24) is 19.6 Å². The van der Waals surface area contributed by atoms with E-state index in [0.29, 0.717) is 58.9 Å². The first-order chi connectivity index (χ1) is 13.7. The molecule has 0 spiro atoms. The number of carbonyl (C=O) groups is 3. The largest absolute Gasteiger partial charge is 0.480 e. The average molecular weight is 418 g/mol. The van der Waals surface area contributed by atoms with Gasteiger partial charge in [0.25, 0.3) is 0 Å². The highest BCUT2D eigenvalue weighted by Gasteiger charge is 2.19. The summed E-state index contributed by atoms with van der Waals surface area (Å²) >= 11 is 0. The molecule has 168 valence electrons. The predicted molar refractivity (Wildman–Crippen MR) is 104 cm³/mol. The summed E-state index contributed by atoms with van der Waals surface area (Å²) in [6.45, 7) is 7.36. The van der Waals surface area contributed by atoms with Gasteiger partial charge in [0.1, 0.15) is 6.73 Å². The summed E-state index contributed by atoms with van der Waals surface area (Å²) in [7, 11) is 0. The molecule has 1 unspecified atom stereocenters. The van der Waals surface area contributed by atoms with Gasteiger partial charge in [-0.25, -0.2) is 0 Å². The molecule has 1 fully saturated rings. The Morgan fingerprint density at radius 2 is 1.17 bits per heavy atom. The van der Waals surface area contributed by atoms with Crippen LogP contribution >= 0.6 is 0 Å². The van der Waals surface area contributed by atoms with Crippen molar-refractivity contribution in [3.05, 3.63) is 0 Å². The van der Waals surface area contributed by atoms with E-state index in [1.54, 1.807) is 16.7 Å². The molecule has 1 heterocycles. The first-order valence-corrected chi connectivity index (χ1v) is 9.80. The van der Waals surface area contributed by atoms with E-state index in [9.17, 15) is 19.5 Å². The monoisotopic (exact) mass is 418 g/mol. The van der Waals surface area contributed by atoms with E-state index in [0.717, 1.165) is 0 Å². The number of carbonyl (C=O) groups excluding carboxylic acids is 1. The fourth-order valence-corrected chi connectivity index (χ4v) is 3.14.